The second kappa shape index (κ2) is 9.09. The molecule has 1 aliphatic carbocycles. The van der Waals surface area contributed by atoms with Crippen molar-refractivity contribution in [1.82, 2.24) is 10.2 Å². The Bertz CT molecular complexity index is 564. The van der Waals surface area contributed by atoms with Gasteiger partial charge in [-0.3, -0.25) is 4.99 Å². The summed E-state index contributed by atoms with van der Waals surface area (Å²) in [5, 5.41) is 3.50. The molecule has 25 heavy (non-hydrogen) atoms. The van der Waals surface area contributed by atoms with Crippen LogP contribution in [0, 0.1) is 5.92 Å². The molecule has 0 radical (unpaired) electrons. The van der Waals surface area contributed by atoms with Gasteiger partial charge in [-0.2, -0.15) is 0 Å². The van der Waals surface area contributed by atoms with E-state index in [1.807, 2.05) is 13.1 Å². The fourth-order valence-corrected chi connectivity index (χ4v) is 3.26. The number of benzene rings is 1. The Morgan fingerprint density at radius 2 is 1.96 bits per heavy atom. The lowest BCUT2D eigenvalue weighted by Crippen LogP contribution is -2.46. The molecule has 0 atom stereocenters. The zero-order valence-electron chi connectivity index (χ0n) is 15.5. The van der Waals surface area contributed by atoms with Gasteiger partial charge >= 0.3 is 0 Å². The number of likely N-dealkylation sites (tertiary alicyclic amines) is 1. The summed E-state index contributed by atoms with van der Waals surface area (Å²) >= 11 is 0. The van der Waals surface area contributed by atoms with E-state index in [9.17, 15) is 0 Å². The first-order valence-corrected chi connectivity index (χ1v) is 9.58. The number of rotatable bonds is 7. The average molecular weight is 345 g/mol. The van der Waals surface area contributed by atoms with E-state index in [0.717, 1.165) is 63.3 Å². The summed E-state index contributed by atoms with van der Waals surface area (Å²) in [5.74, 6) is 2.72. The average Bonchev–Trinajstić information content (AvgIpc) is 3.47. The number of guanidine groups is 1. The number of hydrogen-bond donors (Lipinski definition) is 1. The molecule has 2 aliphatic rings. The molecule has 1 heterocycles. The number of para-hydroxylation sites is 1. The van der Waals surface area contributed by atoms with Crippen LogP contribution in [0.1, 0.15) is 38.2 Å². The smallest absolute Gasteiger partial charge is 0.193 e. The van der Waals surface area contributed by atoms with Gasteiger partial charge in [-0.1, -0.05) is 18.2 Å². The summed E-state index contributed by atoms with van der Waals surface area (Å²) in [6, 6.07) is 8.30. The number of hydrogen-bond acceptors (Lipinski definition) is 3. The summed E-state index contributed by atoms with van der Waals surface area (Å²) < 4.78 is 11.7. The molecular weight excluding hydrogens is 314 g/mol. The molecular formula is C20H31N3O2. The Kier molecular flexibility index (Phi) is 6.56. The van der Waals surface area contributed by atoms with Crippen LogP contribution >= 0.6 is 0 Å². The number of ether oxygens (including phenoxy) is 2. The molecule has 1 saturated carbocycles. The van der Waals surface area contributed by atoms with Gasteiger partial charge < -0.3 is 19.7 Å². The molecule has 0 bridgehead atoms. The lowest BCUT2D eigenvalue weighted by Gasteiger charge is -2.34. The van der Waals surface area contributed by atoms with Crippen molar-refractivity contribution >= 4 is 5.96 Å². The first kappa shape index (κ1) is 18.1. The van der Waals surface area contributed by atoms with Gasteiger partial charge in [0.1, 0.15) is 5.75 Å². The van der Waals surface area contributed by atoms with Gasteiger partial charge in [0.05, 0.1) is 12.7 Å². The highest BCUT2D eigenvalue weighted by Crippen LogP contribution is 2.30. The molecule has 1 saturated heterocycles. The number of aliphatic imine (C=N–C) groups is 1. The van der Waals surface area contributed by atoms with Crippen molar-refractivity contribution in [2.45, 2.75) is 45.3 Å². The Hall–Kier alpha value is -1.75. The molecule has 5 heteroatoms. The molecule has 2 fully saturated rings. The summed E-state index contributed by atoms with van der Waals surface area (Å²) in [6.07, 6.45) is 5.15. The van der Waals surface area contributed by atoms with Gasteiger partial charge in [0, 0.05) is 38.9 Å². The highest BCUT2D eigenvalue weighted by molar-refractivity contribution is 5.80. The lowest BCUT2D eigenvalue weighted by atomic mass is 10.1. The van der Waals surface area contributed by atoms with Gasteiger partial charge in [-0.25, -0.2) is 0 Å². The third-order valence-corrected chi connectivity index (χ3v) is 4.94. The molecule has 138 valence electrons. The van der Waals surface area contributed by atoms with Crippen LogP contribution in [0.5, 0.6) is 5.75 Å². The van der Waals surface area contributed by atoms with Crippen LogP contribution < -0.4 is 10.1 Å². The molecule has 1 aromatic rings. The van der Waals surface area contributed by atoms with E-state index in [0.29, 0.717) is 6.10 Å². The lowest BCUT2D eigenvalue weighted by molar-refractivity contribution is 0.0263. The van der Waals surface area contributed by atoms with E-state index in [2.05, 4.69) is 40.3 Å². The fourth-order valence-electron chi connectivity index (χ4n) is 3.26. The topological polar surface area (TPSA) is 46.1 Å². The zero-order chi connectivity index (χ0) is 17.5. The second-order valence-electron chi connectivity index (χ2n) is 6.90. The Morgan fingerprint density at radius 3 is 2.64 bits per heavy atom. The van der Waals surface area contributed by atoms with Gasteiger partial charge in [0.15, 0.2) is 5.96 Å². The monoisotopic (exact) mass is 345 g/mol. The summed E-state index contributed by atoms with van der Waals surface area (Å²) in [7, 11) is 1.85. The molecule has 1 N–H and O–H groups in total. The minimum Gasteiger partial charge on any atom is -0.493 e. The first-order valence-electron chi connectivity index (χ1n) is 9.58. The van der Waals surface area contributed by atoms with E-state index >= 15 is 0 Å². The number of nitrogens with zero attached hydrogens (tertiary/aromatic N) is 2. The molecule has 5 nitrogen and oxygen atoms in total. The second-order valence-corrected chi connectivity index (χ2v) is 6.90. The zero-order valence-corrected chi connectivity index (χ0v) is 15.5. The van der Waals surface area contributed by atoms with E-state index in [4.69, 9.17) is 9.47 Å². The van der Waals surface area contributed by atoms with Crippen LogP contribution in [0.4, 0.5) is 0 Å². The fraction of sp³-hybridized carbons (Fsp3) is 0.650. The van der Waals surface area contributed by atoms with Crippen molar-refractivity contribution in [2.24, 2.45) is 10.9 Å². The highest BCUT2D eigenvalue weighted by atomic mass is 16.5. The first-order chi connectivity index (χ1) is 12.3. The van der Waals surface area contributed by atoms with Crippen molar-refractivity contribution < 1.29 is 9.47 Å². The Morgan fingerprint density at radius 1 is 1.20 bits per heavy atom. The van der Waals surface area contributed by atoms with Crippen molar-refractivity contribution in [3.8, 4) is 5.75 Å². The normalized spacial score (nSPS) is 19.1. The molecule has 0 aromatic heterocycles. The highest BCUT2D eigenvalue weighted by Gasteiger charge is 2.23. The van der Waals surface area contributed by atoms with Crippen LogP contribution in [-0.4, -0.2) is 50.3 Å². The van der Waals surface area contributed by atoms with Crippen LogP contribution in [0.25, 0.3) is 0 Å². The van der Waals surface area contributed by atoms with Crippen molar-refractivity contribution in [1.29, 1.82) is 0 Å². The van der Waals surface area contributed by atoms with Crippen molar-refractivity contribution in [2.75, 3.05) is 33.4 Å². The van der Waals surface area contributed by atoms with Gasteiger partial charge in [0.25, 0.3) is 0 Å². The van der Waals surface area contributed by atoms with E-state index in [-0.39, 0.29) is 0 Å². The minimum absolute atomic E-state index is 0.399. The summed E-state index contributed by atoms with van der Waals surface area (Å²) in [5.41, 5.74) is 1.19. The SMILES string of the molecule is CCOC1CCN(C(=NC)NCc2ccccc2OCC2CC2)CC1. The third-order valence-electron chi connectivity index (χ3n) is 4.94. The van der Waals surface area contributed by atoms with Crippen LogP contribution in [0.2, 0.25) is 0 Å². The standard InChI is InChI=1S/C20H31N3O2/c1-3-24-18-10-12-23(13-11-18)20(21-2)22-14-17-6-4-5-7-19(17)25-15-16-8-9-16/h4-7,16,18H,3,8-15H2,1-2H3,(H,21,22). The molecule has 1 aliphatic heterocycles. The van der Waals surface area contributed by atoms with E-state index < -0.39 is 0 Å². The third kappa shape index (κ3) is 5.36. The number of nitrogens with one attached hydrogen (secondary N) is 1. The predicted octanol–water partition coefficient (Wildman–Crippen LogP) is 3.05. The van der Waals surface area contributed by atoms with Gasteiger partial charge in [-0.05, 0) is 44.6 Å². The van der Waals surface area contributed by atoms with E-state index in [1.165, 1.54) is 18.4 Å². The summed E-state index contributed by atoms with van der Waals surface area (Å²) in [4.78, 5) is 6.78. The number of piperidine rings is 1. The molecule has 0 amide bonds. The predicted molar refractivity (Wildman–Crippen MR) is 101 cm³/mol. The maximum absolute atomic E-state index is 6.00. The Labute approximate surface area is 151 Å². The van der Waals surface area contributed by atoms with E-state index in [1.54, 1.807) is 0 Å². The molecule has 0 spiro atoms. The largest absolute Gasteiger partial charge is 0.493 e. The maximum atomic E-state index is 6.00. The minimum atomic E-state index is 0.399. The summed E-state index contributed by atoms with van der Waals surface area (Å²) in [6.45, 7) is 6.43. The van der Waals surface area contributed by atoms with Crippen LogP contribution in [-0.2, 0) is 11.3 Å². The Balaban J connectivity index is 1.51. The van der Waals surface area contributed by atoms with Crippen molar-refractivity contribution in [3.63, 3.8) is 0 Å². The molecule has 3 rings (SSSR count). The van der Waals surface area contributed by atoms with Crippen LogP contribution in [0.3, 0.4) is 0 Å². The quantitative estimate of drug-likeness (QED) is 0.609. The van der Waals surface area contributed by atoms with Crippen LogP contribution in [0.15, 0.2) is 29.3 Å². The molecule has 1 aromatic carbocycles. The van der Waals surface area contributed by atoms with Gasteiger partial charge in [-0.15, -0.1) is 0 Å². The maximum Gasteiger partial charge on any atom is 0.193 e. The van der Waals surface area contributed by atoms with Gasteiger partial charge in [0.2, 0.25) is 0 Å². The molecule has 0 unspecified atom stereocenters. The van der Waals surface area contributed by atoms with Crippen molar-refractivity contribution in [3.05, 3.63) is 29.8 Å².